The van der Waals surface area contributed by atoms with E-state index in [0.29, 0.717) is 19.5 Å². The summed E-state index contributed by atoms with van der Waals surface area (Å²) in [6.07, 6.45) is 0.940. The normalized spacial score (nSPS) is 21.5. The number of alkyl halides is 2. The average molecular weight is 300 g/mol. The number of nitrogens with one attached hydrogen (secondary N) is 1. The van der Waals surface area contributed by atoms with E-state index in [-0.39, 0.29) is 17.8 Å². The number of carbonyl (C=O) groups excluding carboxylic acids is 1. The molecule has 2 unspecified atom stereocenters. The zero-order valence-corrected chi connectivity index (χ0v) is 11.4. The van der Waals surface area contributed by atoms with Gasteiger partial charge in [-0.05, 0) is 30.5 Å². The van der Waals surface area contributed by atoms with Gasteiger partial charge in [0.15, 0.2) is 0 Å². The zero-order valence-electron chi connectivity index (χ0n) is 11.4. The summed E-state index contributed by atoms with van der Waals surface area (Å²) < 4.78 is 33.7. The van der Waals surface area contributed by atoms with E-state index in [2.05, 4.69) is 10.1 Å². The molecule has 0 spiro atoms. The Balaban J connectivity index is 1.79. The molecule has 1 heterocycles. The largest absolute Gasteiger partial charge is 0.435 e. The van der Waals surface area contributed by atoms with Gasteiger partial charge in [-0.25, -0.2) is 0 Å². The number of hydrogen-bond acceptors (Lipinski definition) is 4. The number of carbonyl (C=O) groups is 1. The number of nitrogens with two attached hydrogens (primary N) is 1. The first-order chi connectivity index (χ1) is 10.1. The quantitative estimate of drug-likeness (QED) is 0.833. The summed E-state index contributed by atoms with van der Waals surface area (Å²) in [5, 5.41) is 2.75. The molecule has 0 bridgehead atoms. The first kappa shape index (κ1) is 15.7. The van der Waals surface area contributed by atoms with Crippen molar-refractivity contribution in [2.45, 2.75) is 38.2 Å². The van der Waals surface area contributed by atoms with Crippen molar-refractivity contribution in [3.05, 3.63) is 29.8 Å². The van der Waals surface area contributed by atoms with Crippen molar-refractivity contribution in [2.75, 3.05) is 6.54 Å². The van der Waals surface area contributed by atoms with Gasteiger partial charge in [0.1, 0.15) is 11.9 Å². The lowest BCUT2D eigenvalue weighted by molar-refractivity contribution is -0.132. The Bertz CT molecular complexity index is 468. The summed E-state index contributed by atoms with van der Waals surface area (Å²) in [5.74, 6) is -0.0937. The molecule has 1 aromatic carbocycles. The zero-order chi connectivity index (χ0) is 15.2. The van der Waals surface area contributed by atoms with Gasteiger partial charge in [-0.1, -0.05) is 12.1 Å². The lowest BCUT2D eigenvalue weighted by Crippen LogP contribution is -2.35. The topological polar surface area (TPSA) is 73.6 Å². The van der Waals surface area contributed by atoms with Crippen LogP contribution in [0, 0.1) is 0 Å². The summed E-state index contributed by atoms with van der Waals surface area (Å²) in [6.45, 7) is -2.12. The molecule has 1 aliphatic heterocycles. The van der Waals surface area contributed by atoms with Crippen LogP contribution in [0.4, 0.5) is 8.78 Å². The summed E-state index contributed by atoms with van der Waals surface area (Å²) in [6, 6.07) is 6.11. The Morgan fingerprint density at radius 3 is 2.67 bits per heavy atom. The Hall–Kier alpha value is -1.73. The van der Waals surface area contributed by atoms with Gasteiger partial charge in [-0.3, -0.25) is 4.79 Å². The minimum absolute atomic E-state index is 0.0495. The monoisotopic (exact) mass is 300 g/mol. The molecule has 0 radical (unpaired) electrons. The van der Waals surface area contributed by atoms with Crippen LogP contribution in [0.3, 0.4) is 0 Å². The van der Waals surface area contributed by atoms with Crippen molar-refractivity contribution in [3.63, 3.8) is 0 Å². The van der Waals surface area contributed by atoms with Crippen molar-refractivity contribution in [2.24, 2.45) is 5.73 Å². The molecule has 2 rings (SSSR count). The number of ether oxygens (including phenoxy) is 2. The van der Waals surface area contributed by atoms with Crippen molar-refractivity contribution in [1.29, 1.82) is 0 Å². The van der Waals surface area contributed by atoms with Crippen LogP contribution in [0.1, 0.15) is 18.4 Å². The molecular weight excluding hydrogens is 282 g/mol. The van der Waals surface area contributed by atoms with Crippen molar-refractivity contribution in [1.82, 2.24) is 5.32 Å². The summed E-state index contributed by atoms with van der Waals surface area (Å²) >= 11 is 0. The predicted octanol–water partition coefficient (Wildman–Crippen LogP) is 1.41. The van der Waals surface area contributed by atoms with Crippen LogP contribution in [0.5, 0.6) is 5.75 Å². The highest BCUT2D eigenvalue weighted by molar-refractivity contribution is 5.81. The maximum absolute atomic E-state index is 12.0. The Labute approximate surface area is 121 Å². The highest BCUT2D eigenvalue weighted by Gasteiger charge is 2.29. The molecule has 0 saturated carbocycles. The van der Waals surface area contributed by atoms with Gasteiger partial charge in [0.2, 0.25) is 5.91 Å². The Morgan fingerprint density at radius 2 is 2.10 bits per heavy atom. The molecule has 21 heavy (non-hydrogen) atoms. The van der Waals surface area contributed by atoms with E-state index < -0.39 is 12.7 Å². The maximum Gasteiger partial charge on any atom is 0.387 e. The van der Waals surface area contributed by atoms with Crippen LogP contribution >= 0.6 is 0 Å². The van der Waals surface area contributed by atoms with E-state index in [1.165, 1.54) is 12.1 Å². The fourth-order valence-corrected chi connectivity index (χ4v) is 2.16. The number of hydrogen-bond donors (Lipinski definition) is 2. The molecule has 0 aromatic heterocycles. The van der Waals surface area contributed by atoms with Crippen molar-refractivity contribution < 1.29 is 23.0 Å². The van der Waals surface area contributed by atoms with Gasteiger partial charge in [0.25, 0.3) is 0 Å². The highest BCUT2D eigenvalue weighted by atomic mass is 19.3. The summed E-state index contributed by atoms with van der Waals surface area (Å²) in [4.78, 5) is 11.9. The van der Waals surface area contributed by atoms with E-state index in [1.807, 2.05) is 0 Å². The molecule has 5 nitrogen and oxygen atoms in total. The molecule has 1 amide bonds. The third-order valence-electron chi connectivity index (χ3n) is 3.28. The van der Waals surface area contributed by atoms with Crippen LogP contribution in [-0.2, 0) is 16.1 Å². The van der Waals surface area contributed by atoms with Gasteiger partial charge < -0.3 is 20.5 Å². The molecule has 2 atom stereocenters. The lowest BCUT2D eigenvalue weighted by Gasteiger charge is -2.13. The second-order valence-corrected chi connectivity index (χ2v) is 4.80. The van der Waals surface area contributed by atoms with Crippen LogP contribution in [0.15, 0.2) is 24.3 Å². The molecule has 1 aliphatic rings. The van der Waals surface area contributed by atoms with Crippen molar-refractivity contribution in [3.8, 4) is 5.75 Å². The Morgan fingerprint density at radius 1 is 1.38 bits per heavy atom. The molecule has 116 valence electrons. The number of rotatable bonds is 6. The predicted molar refractivity (Wildman–Crippen MR) is 71.9 cm³/mol. The second-order valence-electron chi connectivity index (χ2n) is 4.80. The Kier molecular flexibility index (Phi) is 5.46. The molecule has 1 fully saturated rings. The number of benzene rings is 1. The molecule has 1 saturated heterocycles. The van der Waals surface area contributed by atoms with Crippen molar-refractivity contribution >= 4 is 5.91 Å². The summed E-state index contributed by atoms with van der Waals surface area (Å²) in [7, 11) is 0. The van der Waals surface area contributed by atoms with Gasteiger partial charge in [0, 0.05) is 13.1 Å². The first-order valence-corrected chi connectivity index (χ1v) is 6.75. The smallest absolute Gasteiger partial charge is 0.387 e. The highest BCUT2D eigenvalue weighted by Crippen LogP contribution is 2.19. The fraction of sp³-hybridized carbons (Fsp3) is 0.500. The maximum atomic E-state index is 12.0. The van der Waals surface area contributed by atoms with E-state index in [4.69, 9.17) is 10.5 Å². The van der Waals surface area contributed by atoms with Crippen LogP contribution < -0.4 is 15.8 Å². The number of amides is 1. The van der Waals surface area contributed by atoms with Gasteiger partial charge in [-0.2, -0.15) is 8.78 Å². The van der Waals surface area contributed by atoms with Gasteiger partial charge in [0.05, 0.1) is 6.10 Å². The molecule has 0 aliphatic carbocycles. The van der Waals surface area contributed by atoms with E-state index >= 15 is 0 Å². The van der Waals surface area contributed by atoms with Crippen LogP contribution in [0.25, 0.3) is 0 Å². The number of halogens is 2. The standard InChI is InChI=1S/C14H18F2N2O3/c15-14(16)21-10-3-1-9(2-4-10)8-18-13(19)12-6-5-11(7-17)20-12/h1-4,11-12,14H,5-8,17H2,(H,18,19). The second kappa shape index (κ2) is 7.33. The average Bonchev–Trinajstić information content (AvgIpc) is 2.94. The molecular formula is C14H18F2N2O3. The van der Waals surface area contributed by atoms with Crippen LogP contribution in [-0.4, -0.2) is 31.3 Å². The third-order valence-corrected chi connectivity index (χ3v) is 3.28. The van der Waals surface area contributed by atoms with E-state index in [0.717, 1.165) is 12.0 Å². The SMILES string of the molecule is NCC1CCC(C(=O)NCc2ccc(OC(F)F)cc2)O1. The van der Waals surface area contributed by atoms with Gasteiger partial charge >= 0.3 is 6.61 Å². The third kappa shape index (κ3) is 4.64. The van der Waals surface area contributed by atoms with Gasteiger partial charge in [-0.15, -0.1) is 0 Å². The lowest BCUT2D eigenvalue weighted by atomic mass is 10.1. The minimum atomic E-state index is -2.84. The molecule has 3 N–H and O–H groups in total. The first-order valence-electron chi connectivity index (χ1n) is 6.75. The molecule has 7 heteroatoms. The van der Waals surface area contributed by atoms with E-state index in [1.54, 1.807) is 12.1 Å². The fourth-order valence-electron chi connectivity index (χ4n) is 2.16. The minimum Gasteiger partial charge on any atom is -0.435 e. The van der Waals surface area contributed by atoms with E-state index in [9.17, 15) is 13.6 Å². The summed E-state index contributed by atoms with van der Waals surface area (Å²) in [5.41, 5.74) is 6.28. The molecule has 1 aromatic rings. The van der Waals surface area contributed by atoms with Crippen LogP contribution in [0.2, 0.25) is 0 Å².